The van der Waals surface area contributed by atoms with E-state index < -0.39 is 5.41 Å². The van der Waals surface area contributed by atoms with E-state index in [4.69, 9.17) is 13.9 Å². The Balaban J connectivity index is 1.45. The van der Waals surface area contributed by atoms with Gasteiger partial charge in [-0.3, -0.25) is 9.59 Å². The average molecular weight is 443 g/mol. The first-order valence-corrected chi connectivity index (χ1v) is 11.1. The van der Waals surface area contributed by atoms with Crippen LogP contribution in [0.2, 0.25) is 0 Å². The van der Waals surface area contributed by atoms with Crippen LogP contribution in [-0.4, -0.2) is 55.3 Å². The summed E-state index contributed by atoms with van der Waals surface area (Å²) >= 11 is 0. The van der Waals surface area contributed by atoms with Crippen LogP contribution in [0.3, 0.4) is 0 Å². The minimum Gasteiger partial charge on any atom is -0.490 e. The molecule has 0 aromatic carbocycles. The number of amides is 1. The maximum absolute atomic E-state index is 13.1. The zero-order valence-electron chi connectivity index (χ0n) is 18.6. The predicted octanol–water partition coefficient (Wildman–Crippen LogP) is 1.97. The van der Waals surface area contributed by atoms with Crippen LogP contribution in [0.25, 0.3) is 0 Å². The molecule has 4 heterocycles. The van der Waals surface area contributed by atoms with Crippen molar-refractivity contribution >= 4 is 11.9 Å². The Morgan fingerprint density at radius 1 is 1.25 bits per heavy atom. The summed E-state index contributed by atoms with van der Waals surface area (Å²) in [5.41, 5.74) is -0.856. The quantitative estimate of drug-likeness (QED) is 0.724. The Morgan fingerprint density at radius 2 is 1.94 bits per heavy atom. The molecule has 9 heteroatoms. The van der Waals surface area contributed by atoms with Gasteiger partial charge >= 0.3 is 0 Å². The van der Waals surface area contributed by atoms with Crippen molar-refractivity contribution in [2.45, 2.75) is 50.5 Å². The van der Waals surface area contributed by atoms with Gasteiger partial charge < -0.3 is 24.1 Å². The summed E-state index contributed by atoms with van der Waals surface area (Å²) < 4.78 is 17.0. The maximum Gasteiger partial charge on any atom is 0.227 e. The molecule has 0 atom stereocenters. The molecule has 2 fully saturated rings. The summed E-state index contributed by atoms with van der Waals surface area (Å²) in [5.74, 6) is 1.82. The summed E-state index contributed by atoms with van der Waals surface area (Å²) in [4.78, 5) is 36.4. The molecular weight excluding hydrogens is 412 g/mol. The van der Waals surface area contributed by atoms with E-state index in [1.807, 2.05) is 0 Å². The maximum atomic E-state index is 13.1. The van der Waals surface area contributed by atoms with Crippen molar-refractivity contribution in [2.24, 2.45) is 0 Å². The molecule has 0 spiro atoms. The summed E-state index contributed by atoms with van der Waals surface area (Å²) in [6.07, 6.45) is 6.52. The van der Waals surface area contributed by atoms with Gasteiger partial charge in [0.25, 0.3) is 0 Å². The smallest absolute Gasteiger partial charge is 0.227 e. The van der Waals surface area contributed by atoms with Gasteiger partial charge in [0, 0.05) is 62.6 Å². The van der Waals surface area contributed by atoms with E-state index >= 15 is 0 Å². The number of carbonyl (C=O) groups is 1. The van der Waals surface area contributed by atoms with Crippen LogP contribution < -0.4 is 20.4 Å². The Morgan fingerprint density at radius 3 is 2.59 bits per heavy atom. The van der Waals surface area contributed by atoms with Gasteiger partial charge in [-0.05, 0) is 38.7 Å². The zero-order valence-corrected chi connectivity index (χ0v) is 18.6. The van der Waals surface area contributed by atoms with Crippen LogP contribution in [-0.2, 0) is 14.9 Å². The third kappa shape index (κ3) is 4.77. The lowest BCUT2D eigenvalue weighted by molar-refractivity contribution is -0.124. The number of methoxy groups -OCH3 is 1. The highest BCUT2D eigenvalue weighted by molar-refractivity contribution is 5.78. The van der Waals surface area contributed by atoms with Crippen molar-refractivity contribution in [3.8, 4) is 5.75 Å². The van der Waals surface area contributed by atoms with E-state index in [-0.39, 0.29) is 29.5 Å². The number of nitrogens with one attached hydrogen (secondary N) is 1. The zero-order chi connectivity index (χ0) is 22.6. The number of piperidine rings is 1. The summed E-state index contributed by atoms with van der Waals surface area (Å²) in [6.45, 7) is 4.32. The lowest BCUT2D eigenvalue weighted by atomic mass is 9.74. The largest absolute Gasteiger partial charge is 0.490 e. The lowest BCUT2D eigenvalue weighted by Gasteiger charge is -2.37. The molecule has 9 nitrogen and oxygen atoms in total. The van der Waals surface area contributed by atoms with Crippen LogP contribution >= 0.6 is 0 Å². The second kappa shape index (κ2) is 9.68. The van der Waals surface area contributed by atoms with E-state index in [2.05, 4.69) is 20.2 Å². The SMILES string of the molecule is COc1c(C2(CC(=O)NC3CCN(c4ncccn4)CC3)CCOCC2)oc(C)cc1=O. The molecule has 2 aliphatic heterocycles. The molecule has 2 saturated heterocycles. The highest BCUT2D eigenvalue weighted by atomic mass is 16.5. The van der Waals surface area contributed by atoms with Crippen molar-refractivity contribution in [1.29, 1.82) is 0 Å². The fourth-order valence-electron chi connectivity index (χ4n) is 4.65. The number of nitrogens with zero attached hydrogens (tertiary/aromatic N) is 3. The molecule has 1 amide bonds. The molecule has 0 radical (unpaired) electrons. The first-order chi connectivity index (χ1) is 15.5. The minimum atomic E-state index is -0.628. The van der Waals surface area contributed by atoms with Gasteiger partial charge in [0.2, 0.25) is 23.0 Å². The second-order valence-electron chi connectivity index (χ2n) is 8.53. The van der Waals surface area contributed by atoms with Gasteiger partial charge in [0.15, 0.2) is 5.76 Å². The van der Waals surface area contributed by atoms with Crippen molar-refractivity contribution in [2.75, 3.05) is 38.3 Å². The molecule has 0 unspecified atom stereocenters. The van der Waals surface area contributed by atoms with Gasteiger partial charge in [0.1, 0.15) is 5.76 Å². The van der Waals surface area contributed by atoms with E-state index in [9.17, 15) is 9.59 Å². The van der Waals surface area contributed by atoms with Crippen molar-refractivity contribution in [3.63, 3.8) is 0 Å². The first-order valence-electron chi connectivity index (χ1n) is 11.1. The van der Waals surface area contributed by atoms with E-state index in [1.165, 1.54) is 13.2 Å². The third-order valence-corrected chi connectivity index (χ3v) is 6.36. The van der Waals surface area contributed by atoms with Crippen LogP contribution in [0.1, 0.15) is 43.6 Å². The fraction of sp³-hybridized carbons (Fsp3) is 0.565. The highest BCUT2D eigenvalue weighted by Gasteiger charge is 2.42. The molecule has 2 aliphatic rings. The minimum absolute atomic E-state index is 0.0486. The monoisotopic (exact) mass is 442 g/mol. The predicted molar refractivity (Wildman–Crippen MR) is 118 cm³/mol. The fourth-order valence-corrected chi connectivity index (χ4v) is 4.65. The number of anilines is 1. The number of rotatable bonds is 6. The van der Waals surface area contributed by atoms with Gasteiger partial charge in [-0.1, -0.05) is 0 Å². The van der Waals surface area contributed by atoms with Crippen LogP contribution in [0, 0.1) is 6.92 Å². The summed E-state index contributed by atoms with van der Waals surface area (Å²) in [7, 11) is 1.46. The third-order valence-electron chi connectivity index (χ3n) is 6.36. The van der Waals surface area contributed by atoms with Gasteiger partial charge in [-0.25, -0.2) is 9.97 Å². The summed E-state index contributed by atoms with van der Waals surface area (Å²) in [5, 5.41) is 3.19. The van der Waals surface area contributed by atoms with Gasteiger partial charge in [-0.15, -0.1) is 0 Å². The molecule has 1 N–H and O–H groups in total. The number of aryl methyl sites for hydroxylation is 1. The second-order valence-corrected chi connectivity index (χ2v) is 8.53. The number of ether oxygens (including phenoxy) is 2. The Labute approximate surface area is 187 Å². The van der Waals surface area contributed by atoms with Crippen molar-refractivity contribution < 1.29 is 18.7 Å². The first kappa shape index (κ1) is 22.3. The normalized spacial score (nSPS) is 18.9. The Hall–Kier alpha value is -2.94. The standard InChI is InChI=1S/C23H30N4O5/c1-16-14-18(28)20(30-2)21(32-16)23(6-12-31-13-7-23)15-19(29)26-17-4-10-27(11-5-17)22-24-8-3-9-25-22/h3,8-9,14,17H,4-7,10-13,15H2,1-2H3,(H,26,29). The molecule has 32 heavy (non-hydrogen) atoms. The Bertz CT molecular complexity index is 980. The highest BCUT2D eigenvalue weighted by Crippen LogP contribution is 2.41. The van der Waals surface area contributed by atoms with Crippen LogP contribution in [0.5, 0.6) is 5.75 Å². The van der Waals surface area contributed by atoms with Crippen LogP contribution in [0.4, 0.5) is 5.95 Å². The van der Waals surface area contributed by atoms with E-state index in [1.54, 1.807) is 25.4 Å². The molecule has 172 valence electrons. The topological polar surface area (TPSA) is 107 Å². The molecule has 2 aromatic rings. The van der Waals surface area contributed by atoms with E-state index in [0.29, 0.717) is 37.6 Å². The lowest BCUT2D eigenvalue weighted by Crippen LogP contribution is -2.47. The number of carbonyl (C=O) groups excluding carboxylic acids is 1. The number of hydrogen-bond acceptors (Lipinski definition) is 8. The molecule has 0 bridgehead atoms. The Kier molecular flexibility index (Phi) is 6.74. The number of aromatic nitrogens is 2. The van der Waals surface area contributed by atoms with Gasteiger partial charge in [0.05, 0.1) is 7.11 Å². The molecule has 0 saturated carbocycles. The summed E-state index contributed by atoms with van der Waals surface area (Å²) in [6, 6.07) is 3.30. The van der Waals surface area contributed by atoms with Crippen molar-refractivity contribution in [3.05, 3.63) is 46.3 Å². The molecular formula is C23H30N4O5. The average Bonchev–Trinajstić information content (AvgIpc) is 2.80. The molecule has 2 aromatic heterocycles. The van der Waals surface area contributed by atoms with Crippen molar-refractivity contribution in [1.82, 2.24) is 15.3 Å². The van der Waals surface area contributed by atoms with Gasteiger partial charge in [-0.2, -0.15) is 0 Å². The molecule has 0 aliphatic carbocycles. The number of hydrogen-bond donors (Lipinski definition) is 1. The molecule has 4 rings (SSSR count). The van der Waals surface area contributed by atoms with E-state index in [0.717, 1.165) is 31.9 Å². The van der Waals surface area contributed by atoms with Crippen LogP contribution in [0.15, 0.2) is 33.7 Å².